The summed E-state index contributed by atoms with van der Waals surface area (Å²) in [6.45, 7) is 2.78. The molecular weight excluding hydrogens is 440 g/mol. The van der Waals surface area contributed by atoms with Crippen molar-refractivity contribution in [3.63, 3.8) is 0 Å². The third-order valence-corrected chi connectivity index (χ3v) is 6.94. The average Bonchev–Trinajstić information content (AvgIpc) is 3.15. The number of hydrogen-bond acceptors (Lipinski definition) is 4. The number of esters is 1. The lowest BCUT2D eigenvalue weighted by Crippen LogP contribution is -2.18. The topological polar surface area (TPSA) is 83.6 Å². The highest BCUT2D eigenvalue weighted by atomic mass is 16.5. The van der Waals surface area contributed by atoms with Gasteiger partial charge in [-0.15, -0.1) is 0 Å². The molecule has 0 saturated heterocycles. The molecule has 35 heavy (non-hydrogen) atoms. The van der Waals surface area contributed by atoms with Crippen molar-refractivity contribution in [1.82, 2.24) is 4.57 Å². The number of methoxy groups -OCH3 is 1. The van der Waals surface area contributed by atoms with E-state index < -0.39 is 5.91 Å². The molecule has 2 aromatic carbocycles. The van der Waals surface area contributed by atoms with Gasteiger partial charge in [-0.25, -0.2) is 0 Å². The number of aromatic nitrogens is 1. The largest absolute Gasteiger partial charge is 0.469 e. The molecule has 1 heterocycles. The van der Waals surface area contributed by atoms with Gasteiger partial charge in [0.2, 0.25) is 0 Å². The van der Waals surface area contributed by atoms with Crippen LogP contribution in [0.2, 0.25) is 0 Å². The minimum Gasteiger partial charge on any atom is -0.469 e. The molecule has 0 radical (unpaired) electrons. The van der Waals surface area contributed by atoms with Gasteiger partial charge < -0.3 is 19.8 Å². The maximum atomic E-state index is 12.7. The van der Waals surface area contributed by atoms with Crippen molar-refractivity contribution >= 4 is 11.9 Å². The number of primary amides is 1. The standard InChI is InChI=1S/C29H34N2O4/c1-20-27(29(30)33)28(22-12-9-15-24(18-22)35-23-13-7-4-8-14-23)25(16-17-26(32)34-2)31(20)19-21-10-5-3-6-11-21/h4,7-9,12-15,18,21H,3,5-6,10-11,16-17,19H2,1-2H3,(H2,30,33). The molecule has 0 spiro atoms. The van der Waals surface area contributed by atoms with Crippen LogP contribution in [-0.4, -0.2) is 23.6 Å². The number of amides is 1. The molecule has 0 atom stereocenters. The maximum absolute atomic E-state index is 12.7. The highest BCUT2D eigenvalue weighted by molar-refractivity contribution is 6.02. The molecular formula is C29H34N2O4. The molecule has 0 aliphatic heterocycles. The summed E-state index contributed by atoms with van der Waals surface area (Å²) in [4.78, 5) is 24.8. The van der Waals surface area contributed by atoms with Gasteiger partial charge in [0.1, 0.15) is 11.5 Å². The van der Waals surface area contributed by atoms with Crippen molar-refractivity contribution in [2.45, 2.75) is 58.4 Å². The van der Waals surface area contributed by atoms with Gasteiger partial charge in [-0.05, 0) is 61.9 Å². The van der Waals surface area contributed by atoms with Gasteiger partial charge >= 0.3 is 5.97 Å². The molecule has 1 amide bonds. The van der Waals surface area contributed by atoms with Crippen molar-refractivity contribution in [3.8, 4) is 22.6 Å². The predicted molar refractivity (Wildman–Crippen MR) is 137 cm³/mol. The summed E-state index contributed by atoms with van der Waals surface area (Å²) in [7, 11) is 1.40. The number of carbonyl (C=O) groups is 2. The second kappa shape index (κ2) is 11.3. The number of rotatable bonds is 9. The van der Waals surface area contributed by atoms with Crippen molar-refractivity contribution in [3.05, 3.63) is 71.5 Å². The first-order chi connectivity index (χ1) is 17.0. The minimum atomic E-state index is -0.464. The summed E-state index contributed by atoms with van der Waals surface area (Å²) >= 11 is 0. The van der Waals surface area contributed by atoms with E-state index in [1.165, 1.54) is 39.2 Å². The first-order valence-corrected chi connectivity index (χ1v) is 12.4. The lowest BCUT2D eigenvalue weighted by molar-refractivity contribution is -0.140. The van der Waals surface area contributed by atoms with Crippen LogP contribution in [0.15, 0.2) is 54.6 Å². The smallest absolute Gasteiger partial charge is 0.305 e. The van der Waals surface area contributed by atoms with Crippen LogP contribution in [0.3, 0.4) is 0 Å². The summed E-state index contributed by atoms with van der Waals surface area (Å²) in [6.07, 6.45) is 6.80. The Hall–Kier alpha value is -3.54. The number of ether oxygens (including phenoxy) is 2. The first-order valence-electron chi connectivity index (χ1n) is 12.4. The van der Waals surface area contributed by atoms with Crippen LogP contribution in [0, 0.1) is 12.8 Å². The Balaban J connectivity index is 1.79. The van der Waals surface area contributed by atoms with Gasteiger partial charge in [-0.3, -0.25) is 9.59 Å². The zero-order valence-electron chi connectivity index (χ0n) is 20.6. The monoisotopic (exact) mass is 474 g/mol. The Bertz CT molecular complexity index is 1180. The quantitative estimate of drug-likeness (QED) is 0.383. The molecule has 1 aliphatic carbocycles. The second-order valence-corrected chi connectivity index (χ2v) is 9.28. The van der Waals surface area contributed by atoms with E-state index in [0.717, 1.165) is 34.8 Å². The Labute approximate surface area is 207 Å². The zero-order valence-corrected chi connectivity index (χ0v) is 20.6. The molecule has 1 aliphatic rings. The van der Waals surface area contributed by atoms with Crippen LogP contribution in [0.5, 0.6) is 11.5 Å². The van der Waals surface area contributed by atoms with E-state index in [0.29, 0.717) is 23.7 Å². The number of benzene rings is 2. The fourth-order valence-corrected chi connectivity index (χ4v) is 5.21. The van der Waals surface area contributed by atoms with Gasteiger partial charge in [0.15, 0.2) is 0 Å². The number of hydrogen-bond donors (Lipinski definition) is 1. The molecule has 6 nitrogen and oxygen atoms in total. The van der Waals surface area contributed by atoms with Crippen LogP contribution in [0.25, 0.3) is 11.1 Å². The Morgan fingerprint density at radius 2 is 1.71 bits per heavy atom. The van der Waals surface area contributed by atoms with Crippen molar-refractivity contribution in [1.29, 1.82) is 0 Å². The van der Waals surface area contributed by atoms with Crippen molar-refractivity contribution < 1.29 is 19.1 Å². The van der Waals surface area contributed by atoms with Crippen LogP contribution in [0.1, 0.15) is 60.3 Å². The molecule has 3 aromatic rings. The first kappa shape index (κ1) is 24.6. The molecule has 1 saturated carbocycles. The van der Waals surface area contributed by atoms with Crippen LogP contribution in [-0.2, 0) is 22.5 Å². The van der Waals surface area contributed by atoms with Gasteiger partial charge in [0.05, 0.1) is 19.1 Å². The fraction of sp³-hybridized carbons (Fsp3) is 0.379. The van der Waals surface area contributed by atoms with E-state index in [1.54, 1.807) is 0 Å². The summed E-state index contributed by atoms with van der Waals surface area (Å²) in [6, 6.07) is 17.3. The number of nitrogens with two attached hydrogens (primary N) is 1. The molecule has 2 N–H and O–H groups in total. The van der Waals surface area contributed by atoms with Gasteiger partial charge in [0, 0.05) is 23.5 Å². The summed E-state index contributed by atoms with van der Waals surface area (Å²) in [5.74, 6) is 1.21. The van der Waals surface area contributed by atoms with Gasteiger partial charge in [0.25, 0.3) is 5.91 Å². The van der Waals surface area contributed by atoms with Crippen LogP contribution in [0.4, 0.5) is 0 Å². The lowest BCUT2D eigenvalue weighted by atomic mass is 9.89. The van der Waals surface area contributed by atoms with E-state index in [1.807, 2.05) is 61.5 Å². The van der Waals surface area contributed by atoms with E-state index in [4.69, 9.17) is 15.2 Å². The Kier molecular flexibility index (Phi) is 7.91. The van der Waals surface area contributed by atoms with E-state index in [9.17, 15) is 9.59 Å². The number of para-hydroxylation sites is 1. The number of carbonyl (C=O) groups excluding carboxylic acids is 2. The van der Waals surface area contributed by atoms with Crippen molar-refractivity contribution in [2.24, 2.45) is 11.7 Å². The minimum absolute atomic E-state index is 0.232. The third kappa shape index (κ3) is 5.76. The van der Waals surface area contributed by atoms with Gasteiger partial charge in [-0.1, -0.05) is 49.6 Å². The van der Waals surface area contributed by atoms with E-state index in [2.05, 4.69) is 4.57 Å². The molecule has 1 aromatic heterocycles. The highest BCUT2D eigenvalue weighted by Gasteiger charge is 2.27. The molecule has 0 bridgehead atoms. The second-order valence-electron chi connectivity index (χ2n) is 9.28. The average molecular weight is 475 g/mol. The maximum Gasteiger partial charge on any atom is 0.305 e. The van der Waals surface area contributed by atoms with E-state index >= 15 is 0 Å². The molecule has 4 rings (SSSR count). The zero-order chi connectivity index (χ0) is 24.8. The Morgan fingerprint density at radius 3 is 2.40 bits per heavy atom. The predicted octanol–water partition coefficient (Wildman–Crippen LogP) is 6.04. The number of nitrogens with zero attached hydrogens (tertiary/aromatic N) is 1. The molecule has 0 unspecified atom stereocenters. The highest BCUT2D eigenvalue weighted by Crippen LogP contribution is 2.37. The normalized spacial score (nSPS) is 14.0. The Morgan fingerprint density at radius 1 is 1.00 bits per heavy atom. The summed E-state index contributed by atoms with van der Waals surface area (Å²) in [5.41, 5.74) is 9.88. The van der Waals surface area contributed by atoms with Crippen LogP contribution >= 0.6 is 0 Å². The summed E-state index contributed by atoms with van der Waals surface area (Å²) in [5, 5.41) is 0. The van der Waals surface area contributed by atoms with Crippen molar-refractivity contribution in [2.75, 3.05) is 7.11 Å². The molecule has 184 valence electrons. The van der Waals surface area contributed by atoms with E-state index in [-0.39, 0.29) is 12.4 Å². The van der Waals surface area contributed by atoms with Gasteiger partial charge in [-0.2, -0.15) is 0 Å². The summed E-state index contributed by atoms with van der Waals surface area (Å²) < 4.78 is 13.2. The fourth-order valence-electron chi connectivity index (χ4n) is 5.21. The SMILES string of the molecule is COC(=O)CCc1c(-c2cccc(Oc3ccccc3)c2)c(C(N)=O)c(C)n1CC1CCCCC1. The third-order valence-electron chi connectivity index (χ3n) is 6.94. The molecule has 1 fully saturated rings. The lowest BCUT2D eigenvalue weighted by Gasteiger charge is -2.24. The van der Waals surface area contributed by atoms with Crippen LogP contribution < -0.4 is 10.5 Å². The molecule has 6 heteroatoms.